The van der Waals surface area contributed by atoms with Crippen LogP contribution in [-0.4, -0.2) is 25.6 Å². The molecule has 7 aromatic rings. The first-order valence-corrected chi connectivity index (χ1v) is 12.7. The Morgan fingerprint density at radius 2 is 1.50 bits per heavy atom. The van der Waals surface area contributed by atoms with Crippen LogP contribution in [0.5, 0.6) is 0 Å². The molecule has 40 heavy (non-hydrogen) atoms. The summed E-state index contributed by atoms with van der Waals surface area (Å²) in [6.45, 7) is 0. The number of pyridine rings is 2. The van der Waals surface area contributed by atoms with Crippen molar-refractivity contribution in [2.75, 3.05) is 0 Å². The maximum atomic E-state index is 10.1. The van der Waals surface area contributed by atoms with Gasteiger partial charge in [0.15, 0.2) is 0 Å². The summed E-state index contributed by atoms with van der Waals surface area (Å²) in [6, 6.07) is 38.4. The Bertz CT molecular complexity index is 2070. The van der Waals surface area contributed by atoms with E-state index in [1.54, 1.807) is 12.1 Å². The molecule has 0 atom stereocenters. The monoisotopic (exact) mass is 697 g/mol. The Balaban J connectivity index is 0.000000250. The second kappa shape index (κ2) is 10.2. The van der Waals surface area contributed by atoms with Gasteiger partial charge in [-0.15, -0.1) is 23.8 Å². The summed E-state index contributed by atoms with van der Waals surface area (Å²) in [5.41, 5.74) is 10.7. The SMILES string of the molecule is Cn1c2ccccc2c2c(-c3cc4c5c(cccc5n3)-c3ccccc3-4)[c-]ccc21.O=C(O)c1ccccn1.[Ir]. The molecule has 1 radical (unpaired) electrons. The van der Waals surface area contributed by atoms with Gasteiger partial charge in [-0.1, -0.05) is 72.1 Å². The fraction of sp³-hybridized carbons (Fsp3) is 0.0294. The Morgan fingerprint density at radius 1 is 0.775 bits per heavy atom. The summed E-state index contributed by atoms with van der Waals surface area (Å²) < 4.78 is 2.26. The normalized spacial score (nSPS) is 11.1. The van der Waals surface area contributed by atoms with E-state index >= 15 is 0 Å². The number of hydrogen-bond donors (Lipinski definition) is 1. The predicted octanol–water partition coefficient (Wildman–Crippen LogP) is 7.77. The van der Waals surface area contributed by atoms with Gasteiger partial charge in [-0.05, 0) is 63.1 Å². The number of carboxylic acid groups (broad SMARTS) is 1. The first-order chi connectivity index (χ1) is 19.1. The summed E-state index contributed by atoms with van der Waals surface area (Å²) in [5.74, 6) is -0.990. The Morgan fingerprint density at radius 3 is 2.25 bits per heavy atom. The third-order valence-corrected chi connectivity index (χ3v) is 7.35. The van der Waals surface area contributed by atoms with E-state index in [9.17, 15) is 4.79 Å². The number of benzene rings is 4. The average molecular weight is 697 g/mol. The van der Waals surface area contributed by atoms with Crippen LogP contribution in [0.3, 0.4) is 0 Å². The smallest absolute Gasteiger partial charge is 0.354 e. The second-order valence-electron chi connectivity index (χ2n) is 9.51. The molecule has 8 rings (SSSR count). The van der Waals surface area contributed by atoms with E-state index in [1.807, 2.05) is 6.07 Å². The van der Waals surface area contributed by atoms with Crippen molar-refractivity contribution in [2.45, 2.75) is 0 Å². The Labute approximate surface area is 244 Å². The Hall–Kier alpha value is -4.64. The fourth-order valence-corrected chi connectivity index (χ4v) is 5.64. The molecule has 1 N–H and O–H groups in total. The van der Waals surface area contributed by atoms with Gasteiger partial charge in [0.25, 0.3) is 0 Å². The van der Waals surface area contributed by atoms with E-state index in [1.165, 1.54) is 61.7 Å². The van der Waals surface area contributed by atoms with Gasteiger partial charge in [0.05, 0.1) is 5.52 Å². The minimum atomic E-state index is -0.990. The van der Waals surface area contributed by atoms with Crippen LogP contribution in [0, 0.1) is 6.07 Å². The van der Waals surface area contributed by atoms with Crippen LogP contribution in [0.25, 0.3) is 66.2 Å². The van der Waals surface area contributed by atoms with Crippen LogP contribution in [0.1, 0.15) is 10.5 Å². The number of para-hydroxylation sites is 1. The van der Waals surface area contributed by atoms with Gasteiger partial charge < -0.3 is 9.67 Å². The molecule has 1 aliphatic rings. The molecule has 0 aliphatic heterocycles. The third kappa shape index (κ3) is 4.01. The number of carbonyl (C=O) groups is 1. The Kier molecular flexibility index (Phi) is 6.51. The molecule has 1 aliphatic carbocycles. The van der Waals surface area contributed by atoms with E-state index < -0.39 is 5.97 Å². The predicted molar refractivity (Wildman–Crippen MR) is 156 cm³/mol. The zero-order valence-corrected chi connectivity index (χ0v) is 23.8. The van der Waals surface area contributed by atoms with E-state index in [0.29, 0.717) is 0 Å². The zero-order valence-electron chi connectivity index (χ0n) is 21.4. The molecule has 5 nitrogen and oxygen atoms in total. The molecule has 0 fully saturated rings. The number of rotatable bonds is 2. The van der Waals surface area contributed by atoms with E-state index in [2.05, 4.69) is 102 Å². The standard InChI is InChI=1S/C28H17N2.C6H5NO2.Ir/c1-30-25-14-5-4-10-21(25)28-20(12-7-15-26(28)30)24-16-22-18-9-3-2-8-17(18)19-11-6-13-23(29-24)27(19)22;8-6(9)5-3-1-2-4-7-5;/h2-11,13-16H,1H3;1-4H,(H,8,9);/q-1;;. The van der Waals surface area contributed by atoms with Gasteiger partial charge in [-0.3, -0.25) is 4.98 Å². The number of aryl methyl sites for hydroxylation is 1. The van der Waals surface area contributed by atoms with Crippen LogP contribution in [0.15, 0.2) is 109 Å². The van der Waals surface area contributed by atoms with Gasteiger partial charge in [0, 0.05) is 44.3 Å². The molecule has 6 heteroatoms. The summed E-state index contributed by atoms with van der Waals surface area (Å²) in [5, 5.41) is 12.0. The largest absolute Gasteiger partial charge is 0.477 e. The van der Waals surface area contributed by atoms with Crippen molar-refractivity contribution in [3.05, 3.63) is 121 Å². The summed E-state index contributed by atoms with van der Waals surface area (Å²) in [6.07, 6.45) is 1.45. The molecule has 0 unspecified atom stereocenters. The molecule has 0 saturated heterocycles. The van der Waals surface area contributed by atoms with Crippen molar-refractivity contribution in [3.63, 3.8) is 0 Å². The molecular weight excluding hydrogens is 675 g/mol. The van der Waals surface area contributed by atoms with Gasteiger partial charge in [0.1, 0.15) is 5.69 Å². The van der Waals surface area contributed by atoms with Crippen molar-refractivity contribution in [1.29, 1.82) is 0 Å². The van der Waals surface area contributed by atoms with Crippen molar-refractivity contribution >= 4 is 38.7 Å². The van der Waals surface area contributed by atoms with Gasteiger partial charge >= 0.3 is 5.97 Å². The minimum Gasteiger partial charge on any atom is -0.477 e. The van der Waals surface area contributed by atoms with Crippen LogP contribution < -0.4 is 0 Å². The topological polar surface area (TPSA) is 68.0 Å². The van der Waals surface area contributed by atoms with E-state index in [0.717, 1.165) is 16.8 Å². The number of aromatic carboxylic acids is 1. The van der Waals surface area contributed by atoms with Crippen LogP contribution in [0.2, 0.25) is 0 Å². The molecule has 0 bridgehead atoms. The van der Waals surface area contributed by atoms with Gasteiger partial charge in [0.2, 0.25) is 0 Å². The van der Waals surface area contributed by atoms with E-state index in [-0.39, 0.29) is 25.8 Å². The van der Waals surface area contributed by atoms with Crippen LogP contribution >= 0.6 is 0 Å². The average Bonchev–Trinajstić information content (AvgIpc) is 3.47. The first-order valence-electron chi connectivity index (χ1n) is 12.7. The molecule has 3 aromatic heterocycles. The third-order valence-electron chi connectivity index (χ3n) is 7.35. The quantitative estimate of drug-likeness (QED) is 0.188. The van der Waals surface area contributed by atoms with Crippen molar-refractivity contribution in [2.24, 2.45) is 7.05 Å². The molecule has 0 saturated carbocycles. The summed E-state index contributed by atoms with van der Waals surface area (Å²) in [4.78, 5) is 18.8. The van der Waals surface area contributed by atoms with Crippen molar-refractivity contribution in [1.82, 2.24) is 14.5 Å². The number of nitrogens with zero attached hydrogens (tertiary/aromatic N) is 3. The summed E-state index contributed by atoms with van der Waals surface area (Å²) >= 11 is 0. The van der Waals surface area contributed by atoms with Crippen molar-refractivity contribution in [3.8, 4) is 33.5 Å². The van der Waals surface area contributed by atoms with Crippen molar-refractivity contribution < 1.29 is 30.0 Å². The van der Waals surface area contributed by atoms with Gasteiger partial charge in [-0.2, -0.15) is 0 Å². The van der Waals surface area contributed by atoms with Crippen LogP contribution in [-0.2, 0) is 27.2 Å². The zero-order chi connectivity index (χ0) is 26.5. The maximum Gasteiger partial charge on any atom is 0.354 e. The maximum absolute atomic E-state index is 10.1. The molecular formula is C34H22IrN3O2-. The molecule has 0 amide bonds. The minimum absolute atomic E-state index is 0. The second-order valence-corrected chi connectivity index (χ2v) is 9.51. The molecule has 3 heterocycles. The number of carboxylic acids is 1. The van der Waals surface area contributed by atoms with E-state index in [4.69, 9.17) is 10.1 Å². The molecule has 195 valence electrons. The molecule has 0 spiro atoms. The fourth-order valence-electron chi connectivity index (χ4n) is 5.64. The number of hydrogen-bond acceptors (Lipinski definition) is 3. The number of fused-ring (bicyclic) bond motifs is 6. The number of aromatic nitrogens is 3. The molecule has 4 aromatic carbocycles. The summed E-state index contributed by atoms with van der Waals surface area (Å²) in [7, 11) is 2.13. The first kappa shape index (κ1) is 25.6. The van der Waals surface area contributed by atoms with Crippen LogP contribution in [0.4, 0.5) is 0 Å². The van der Waals surface area contributed by atoms with Gasteiger partial charge in [-0.25, -0.2) is 9.78 Å².